The number of carbonyl (C=O) groups excluding carboxylic acids is 1. The van der Waals surface area contributed by atoms with Crippen LogP contribution in [0, 0.1) is 5.92 Å². The van der Waals surface area contributed by atoms with Crippen molar-refractivity contribution < 1.29 is 19.0 Å². The Morgan fingerprint density at radius 2 is 1.89 bits per heavy atom. The van der Waals surface area contributed by atoms with Gasteiger partial charge < -0.3 is 19.5 Å². The van der Waals surface area contributed by atoms with E-state index in [1.165, 1.54) is 0 Å². The van der Waals surface area contributed by atoms with Crippen LogP contribution in [0.5, 0.6) is 0 Å². The number of amides is 1. The Bertz CT molecular complexity index is 223. The molecule has 1 amide bonds. The third-order valence-electron chi connectivity index (χ3n) is 2.97. The highest BCUT2D eigenvalue weighted by Gasteiger charge is 2.16. The first-order valence-electron chi connectivity index (χ1n) is 6.45. The molecule has 0 heterocycles. The van der Waals surface area contributed by atoms with Gasteiger partial charge in [-0.25, -0.2) is 0 Å². The summed E-state index contributed by atoms with van der Waals surface area (Å²) in [5, 5.41) is 2.86. The number of ether oxygens (including phenoxy) is 3. The molecule has 0 saturated heterocycles. The van der Waals surface area contributed by atoms with Gasteiger partial charge in [-0.2, -0.15) is 0 Å². The number of hydrogen-bond acceptors (Lipinski definition) is 4. The predicted molar refractivity (Wildman–Crippen MR) is 70.6 cm³/mol. The molecule has 108 valence electrons. The third-order valence-corrected chi connectivity index (χ3v) is 2.97. The van der Waals surface area contributed by atoms with E-state index in [2.05, 4.69) is 12.2 Å². The zero-order valence-electron chi connectivity index (χ0n) is 12.2. The second kappa shape index (κ2) is 10.3. The zero-order chi connectivity index (χ0) is 14.0. The Balaban J connectivity index is 3.85. The molecule has 1 N–H and O–H groups in total. The van der Waals surface area contributed by atoms with Crippen molar-refractivity contribution >= 4 is 5.91 Å². The van der Waals surface area contributed by atoms with E-state index in [1.807, 2.05) is 13.8 Å². The first-order chi connectivity index (χ1) is 8.54. The van der Waals surface area contributed by atoms with Gasteiger partial charge in [0, 0.05) is 27.2 Å². The summed E-state index contributed by atoms with van der Waals surface area (Å²) in [5.74, 6) is 0.337. The summed E-state index contributed by atoms with van der Waals surface area (Å²) in [6.45, 7) is 7.55. The molecule has 0 aliphatic carbocycles. The van der Waals surface area contributed by atoms with Gasteiger partial charge in [-0.05, 0) is 12.8 Å². The molecule has 0 bridgehead atoms. The first kappa shape index (κ1) is 17.4. The van der Waals surface area contributed by atoms with Crippen molar-refractivity contribution in [3.05, 3.63) is 0 Å². The summed E-state index contributed by atoms with van der Waals surface area (Å²) in [6.07, 6.45) is 0.535. The molecule has 0 saturated carbocycles. The first-order valence-corrected chi connectivity index (χ1v) is 6.45. The van der Waals surface area contributed by atoms with Crippen LogP contribution in [0.15, 0.2) is 0 Å². The third kappa shape index (κ3) is 7.63. The summed E-state index contributed by atoms with van der Waals surface area (Å²) in [7, 11) is 3.28. The lowest BCUT2D eigenvalue weighted by Crippen LogP contribution is -2.35. The molecule has 3 atom stereocenters. The second-order valence-corrected chi connectivity index (χ2v) is 4.49. The largest absolute Gasteiger partial charge is 0.382 e. The Labute approximate surface area is 110 Å². The summed E-state index contributed by atoms with van der Waals surface area (Å²) in [6, 6.07) is 0. The molecule has 3 unspecified atom stereocenters. The fraction of sp³-hybridized carbons (Fsp3) is 0.923. The highest BCUT2D eigenvalue weighted by molar-refractivity contribution is 5.75. The Kier molecular flexibility index (Phi) is 9.92. The number of hydrogen-bond donors (Lipinski definition) is 1. The smallest absolute Gasteiger partial charge is 0.219 e. The van der Waals surface area contributed by atoms with Gasteiger partial charge in [-0.15, -0.1) is 0 Å². The lowest BCUT2D eigenvalue weighted by molar-refractivity contribution is -0.121. The second-order valence-electron chi connectivity index (χ2n) is 4.49. The van der Waals surface area contributed by atoms with Gasteiger partial charge in [0.2, 0.25) is 5.91 Å². The van der Waals surface area contributed by atoms with Gasteiger partial charge in [0.15, 0.2) is 0 Å². The SMILES string of the molecule is CCC(=O)NCC(C)C(C)OCC(COC)OC. The van der Waals surface area contributed by atoms with Crippen molar-refractivity contribution in [3.8, 4) is 0 Å². The van der Waals surface area contributed by atoms with Crippen LogP contribution in [0.2, 0.25) is 0 Å². The Morgan fingerprint density at radius 3 is 2.39 bits per heavy atom. The molecular weight excluding hydrogens is 234 g/mol. The minimum Gasteiger partial charge on any atom is -0.382 e. The normalized spacial score (nSPS) is 16.1. The molecule has 0 aromatic rings. The highest BCUT2D eigenvalue weighted by Crippen LogP contribution is 2.07. The van der Waals surface area contributed by atoms with Crippen molar-refractivity contribution in [2.24, 2.45) is 5.92 Å². The predicted octanol–water partition coefficient (Wildman–Crippen LogP) is 1.22. The van der Waals surface area contributed by atoms with E-state index in [9.17, 15) is 4.79 Å². The fourth-order valence-electron chi connectivity index (χ4n) is 1.36. The van der Waals surface area contributed by atoms with Gasteiger partial charge in [0.25, 0.3) is 0 Å². The molecule has 0 aliphatic rings. The van der Waals surface area contributed by atoms with Crippen LogP contribution in [0.1, 0.15) is 27.2 Å². The van der Waals surface area contributed by atoms with E-state index < -0.39 is 0 Å². The van der Waals surface area contributed by atoms with Gasteiger partial charge in [0.1, 0.15) is 6.10 Å². The molecule has 0 rings (SSSR count). The quantitative estimate of drug-likeness (QED) is 0.642. The molecule has 0 aliphatic heterocycles. The molecule has 0 aromatic carbocycles. The van der Waals surface area contributed by atoms with Crippen LogP contribution in [0.25, 0.3) is 0 Å². The van der Waals surface area contributed by atoms with Crippen LogP contribution in [-0.2, 0) is 19.0 Å². The molecule has 0 aromatic heterocycles. The van der Waals surface area contributed by atoms with Crippen LogP contribution in [-0.4, -0.2) is 52.1 Å². The molecule has 5 heteroatoms. The average molecular weight is 261 g/mol. The van der Waals surface area contributed by atoms with Crippen LogP contribution in [0.3, 0.4) is 0 Å². The Morgan fingerprint density at radius 1 is 1.22 bits per heavy atom. The summed E-state index contributed by atoms with van der Waals surface area (Å²) in [4.78, 5) is 11.1. The van der Waals surface area contributed by atoms with E-state index in [-0.39, 0.29) is 24.0 Å². The molecule has 0 spiro atoms. The monoisotopic (exact) mass is 261 g/mol. The lowest BCUT2D eigenvalue weighted by atomic mass is 10.1. The van der Waals surface area contributed by atoms with E-state index in [4.69, 9.17) is 14.2 Å². The number of nitrogens with one attached hydrogen (secondary N) is 1. The van der Waals surface area contributed by atoms with Crippen molar-refractivity contribution in [1.82, 2.24) is 5.32 Å². The van der Waals surface area contributed by atoms with Gasteiger partial charge in [-0.3, -0.25) is 4.79 Å². The Hall–Kier alpha value is -0.650. The maximum Gasteiger partial charge on any atom is 0.219 e. The van der Waals surface area contributed by atoms with Gasteiger partial charge in [0.05, 0.1) is 19.3 Å². The zero-order valence-corrected chi connectivity index (χ0v) is 12.2. The maximum absolute atomic E-state index is 11.1. The van der Waals surface area contributed by atoms with Crippen molar-refractivity contribution in [1.29, 1.82) is 0 Å². The summed E-state index contributed by atoms with van der Waals surface area (Å²) >= 11 is 0. The fourth-order valence-corrected chi connectivity index (χ4v) is 1.36. The summed E-state index contributed by atoms with van der Waals surface area (Å²) < 4.78 is 16.0. The highest BCUT2D eigenvalue weighted by atomic mass is 16.6. The van der Waals surface area contributed by atoms with Gasteiger partial charge in [-0.1, -0.05) is 13.8 Å². The van der Waals surface area contributed by atoms with Gasteiger partial charge >= 0.3 is 0 Å². The molecule has 0 radical (unpaired) electrons. The van der Waals surface area contributed by atoms with E-state index in [0.717, 1.165) is 0 Å². The van der Waals surface area contributed by atoms with E-state index in [1.54, 1.807) is 14.2 Å². The van der Waals surface area contributed by atoms with Crippen LogP contribution >= 0.6 is 0 Å². The van der Waals surface area contributed by atoms with Crippen LogP contribution in [0.4, 0.5) is 0 Å². The number of methoxy groups -OCH3 is 2. The number of rotatable bonds is 10. The van der Waals surface area contributed by atoms with E-state index in [0.29, 0.717) is 26.2 Å². The number of carbonyl (C=O) groups is 1. The standard InChI is InChI=1S/C13H27NO4/c1-6-13(15)14-7-10(2)11(3)18-9-12(17-5)8-16-4/h10-12H,6-9H2,1-5H3,(H,14,15). The van der Waals surface area contributed by atoms with Crippen LogP contribution < -0.4 is 5.32 Å². The van der Waals surface area contributed by atoms with E-state index >= 15 is 0 Å². The lowest BCUT2D eigenvalue weighted by Gasteiger charge is -2.23. The molecular formula is C13H27NO4. The van der Waals surface area contributed by atoms with Crippen molar-refractivity contribution in [2.45, 2.75) is 39.4 Å². The van der Waals surface area contributed by atoms with Crippen molar-refractivity contribution in [2.75, 3.05) is 34.0 Å². The minimum atomic E-state index is -0.0464. The molecule has 18 heavy (non-hydrogen) atoms. The minimum absolute atomic E-state index is 0.0464. The molecule has 0 fully saturated rings. The maximum atomic E-state index is 11.1. The summed E-state index contributed by atoms with van der Waals surface area (Å²) in [5.41, 5.74) is 0. The van der Waals surface area contributed by atoms with Crippen molar-refractivity contribution in [3.63, 3.8) is 0 Å². The average Bonchev–Trinajstić information content (AvgIpc) is 2.39. The topological polar surface area (TPSA) is 56.8 Å². The molecule has 5 nitrogen and oxygen atoms in total.